The molecule has 5 heteroatoms. The number of rotatable bonds is 2. The fourth-order valence-corrected chi connectivity index (χ4v) is 4.40. The summed E-state index contributed by atoms with van der Waals surface area (Å²) in [5.41, 5.74) is 1.09. The van der Waals surface area contributed by atoms with Gasteiger partial charge in [-0.1, -0.05) is 37.1 Å². The van der Waals surface area contributed by atoms with E-state index in [4.69, 9.17) is 0 Å². The number of nitrogens with zero attached hydrogens (tertiary/aromatic N) is 3. The van der Waals surface area contributed by atoms with Gasteiger partial charge in [-0.05, 0) is 36.1 Å². The minimum absolute atomic E-state index is 0. The average molecular weight is 450 g/mol. The van der Waals surface area contributed by atoms with Crippen molar-refractivity contribution in [3.8, 4) is 0 Å². The number of benzene rings is 1. The Balaban J connectivity index is 0.00000182. The molecular formula is C20H27IN4. The molecule has 134 valence electrons. The lowest BCUT2D eigenvalue weighted by Crippen LogP contribution is -2.40. The molecule has 25 heavy (non-hydrogen) atoms. The zero-order chi connectivity index (χ0) is 16.4. The first-order valence-corrected chi connectivity index (χ1v) is 9.13. The van der Waals surface area contributed by atoms with Crippen LogP contribution < -0.4 is 5.32 Å². The highest BCUT2D eigenvalue weighted by molar-refractivity contribution is 14.0. The first-order valence-electron chi connectivity index (χ1n) is 9.13. The molecule has 1 aliphatic heterocycles. The number of fused-ring (bicyclic) bond motifs is 2. The number of likely N-dealkylation sites (tertiary alicyclic amines) is 1. The van der Waals surface area contributed by atoms with E-state index in [1.54, 1.807) is 0 Å². The van der Waals surface area contributed by atoms with Crippen molar-refractivity contribution in [2.45, 2.75) is 32.2 Å². The van der Waals surface area contributed by atoms with E-state index in [0.29, 0.717) is 0 Å². The van der Waals surface area contributed by atoms with Crippen LogP contribution in [0.1, 0.15) is 31.4 Å². The summed E-state index contributed by atoms with van der Waals surface area (Å²) in [5.74, 6) is 2.76. The number of hydrogen-bond donors (Lipinski definition) is 1. The Labute approximate surface area is 167 Å². The summed E-state index contributed by atoms with van der Waals surface area (Å²) in [6.45, 7) is 3.04. The third-order valence-electron chi connectivity index (χ3n) is 5.66. The van der Waals surface area contributed by atoms with Gasteiger partial charge in [0.25, 0.3) is 0 Å². The molecule has 2 aliphatic rings. The molecule has 0 bridgehead atoms. The minimum Gasteiger partial charge on any atom is -0.351 e. The van der Waals surface area contributed by atoms with Crippen LogP contribution in [0.2, 0.25) is 0 Å². The molecule has 0 amide bonds. The summed E-state index contributed by atoms with van der Waals surface area (Å²) in [6.07, 6.45) is 7.49. The van der Waals surface area contributed by atoms with Gasteiger partial charge in [0.2, 0.25) is 0 Å². The number of aliphatic imine (C=N–C) groups is 1. The van der Waals surface area contributed by atoms with E-state index in [0.717, 1.165) is 43.1 Å². The second-order valence-corrected chi connectivity index (χ2v) is 7.09. The summed E-state index contributed by atoms with van der Waals surface area (Å²) < 4.78 is 0. The molecule has 1 aromatic carbocycles. The second-order valence-electron chi connectivity index (χ2n) is 7.09. The molecule has 4 nitrogen and oxygen atoms in total. The Morgan fingerprint density at radius 1 is 1.16 bits per heavy atom. The van der Waals surface area contributed by atoms with Crippen LogP contribution in [0.15, 0.2) is 41.5 Å². The molecular weight excluding hydrogens is 423 g/mol. The molecule has 0 radical (unpaired) electrons. The Morgan fingerprint density at radius 2 is 1.88 bits per heavy atom. The van der Waals surface area contributed by atoms with Gasteiger partial charge in [-0.25, -0.2) is 0 Å². The molecule has 4 rings (SSSR count). The first kappa shape index (κ1) is 18.4. The number of pyridine rings is 1. The number of aromatic nitrogens is 1. The van der Waals surface area contributed by atoms with Crippen LogP contribution >= 0.6 is 24.0 Å². The van der Waals surface area contributed by atoms with Crippen molar-refractivity contribution in [3.63, 3.8) is 0 Å². The van der Waals surface area contributed by atoms with Crippen molar-refractivity contribution < 1.29 is 0 Å². The summed E-state index contributed by atoms with van der Waals surface area (Å²) in [5, 5.41) is 6.01. The van der Waals surface area contributed by atoms with Gasteiger partial charge >= 0.3 is 0 Å². The number of guanidine groups is 1. The monoisotopic (exact) mass is 450 g/mol. The lowest BCUT2D eigenvalue weighted by molar-refractivity contribution is 0.299. The molecule has 0 spiro atoms. The van der Waals surface area contributed by atoms with Crippen molar-refractivity contribution in [1.82, 2.24) is 15.2 Å². The maximum absolute atomic E-state index is 4.58. The van der Waals surface area contributed by atoms with E-state index in [9.17, 15) is 0 Å². The predicted molar refractivity (Wildman–Crippen MR) is 114 cm³/mol. The van der Waals surface area contributed by atoms with Crippen molar-refractivity contribution in [1.29, 1.82) is 0 Å². The predicted octanol–water partition coefficient (Wildman–Crippen LogP) is 4.05. The quantitative estimate of drug-likeness (QED) is 0.427. The van der Waals surface area contributed by atoms with E-state index in [1.165, 1.54) is 36.5 Å². The smallest absolute Gasteiger partial charge is 0.193 e. The summed E-state index contributed by atoms with van der Waals surface area (Å²) in [7, 11) is 1.89. The zero-order valence-corrected chi connectivity index (χ0v) is 17.1. The molecule has 1 saturated heterocycles. The van der Waals surface area contributed by atoms with E-state index in [-0.39, 0.29) is 24.0 Å². The van der Waals surface area contributed by atoms with Crippen molar-refractivity contribution >= 4 is 40.7 Å². The van der Waals surface area contributed by atoms with Crippen molar-refractivity contribution in [2.75, 3.05) is 20.1 Å². The molecule has 1 N–H and O–H groups in total. The topological polar surface area (TPSA) is 40.5 Å². The number of nitrogens with one attached hydrogen (secondary N) is 1. The molecule has 2 heterocycles. The van der Waals surface area contributed by atoms with E-state index < -0.39 is 0 Å². The van der Waals surface area contributed by atoms with Gasteiger partial charge in [0.1, 0.15) is 0 Å². The van der Waals surface area contributed by atoms with Gasteiger partial charge in [-0.15, -0.1) is 24.0 Å². The van der Waals surface area contributed by atoms with Gasteiger partial charge in [-0.3, -0.25) is 9.98 Å². The maximum Gasteiger partial charge on any atom is 0.193 e. The molecule has 1 aliphatic carbocycles. The standard InChI is InChI=1S/C20H26N4.HI/c1-21-20(24-13-16-7-2-3-8-17(16)14-24)23-12-19-18-9-5-4-6-15(18)10-11-22-19;/h4-6,9-11,16-17H,2-3,7-8,12-14H2,1H3,(H,21,23);1H. The van der Waals surface area contributed by atoms with Crippen molar-refractivity contribution in [2.24, 2.45) is 16.8 Å². The third-order valence-corrected chi connectivity index (χ3v) is 5.66. The van der Waals surface area contributed by atoms with E-state index >= 15 is 0 Å². The number of hydrogen-bond acceptors (Lipinski definition) is 2. The fourth-order valence-electron chi connectivity index (χ4n) is 4.40. The van der Waals surface area contributed by atoms with Crippen LogP contribution in [0, 0.1) is 11.8 Å². The Bertz CT molecular complexity index is 726. The SMILES string of the molecule is CN=C(NCc1nccc2ccccc12)N1CC2CCCCC2C1.I. The van der Waals surface area contributed by atoms with Crippen LogP contribution in [0.3, 0.4) is 0 Å². The lowest BCUT2D eigenvalue weighted by atomic mass is 9.82. The van der Waals surface area contributed by atoms with Gasteiger partial charge in [0.05, 0.1) is 12.2 Å². The van der Waals surface area contributed by atoms with Gasteiger partial charge in [-0.2, -0.15) is 0 Å². The molecule has 2 atom stereocenters. The molecule has 2 unspecified atom stereocenters. The van der Waals surface area contributed by atoms with E-state index in [2.05, 4.69) is 50.5 Å². The molecule has 1 aromatic heterocycles. The number of halogens is 1. The van der Waals surface area contributed by atoms with Crippen LogP contribution in [-0.4, -0.2) is 36.0 Å². The maximum atomic E-state index is 4.58. The Morgan fingerprint density at radius 3 is 2.60 bits per heavy atom. The first-order chi connectivity index (χ1) is 11.8. The fraction of sp³-hybridized carbons (Fsp3) is 0.500. The summed E-state index contributed by atoms with van der Waals surface area (Å²) in [4.78, 5) is 11.6. The molecule has 1 saturated carbocycles. The van der Waals surface area contributed by atoms with E-state index in [1.807, 2.05) is 13.2 Å². The zero-order valence-electron chi connectivity index (χ0n) is 14.8. The normalized spacial score (nSPS) is 23.2. The molecule has 2 aromatic rings. The van der Waals surface area contributed by atoms with Crippen LogP contribution in [0.25, 0.3) is 10.8 Å². The average Bonchev–Trinajstić information content (AvgIpc) is 3.06. The summed E-state index contributed by atoms with van der Waals surface area (Å²) >= 11 is 0. The van der Waals surface area contributed by atoms with Crippen molar-refractivity contribution in [3.05, 3.63) is 42.2 Å². The highest BCUT2D eigenvalue weighted by atomic mass is 127. The second kappa shape index (κ2) is 8.34. The Hall–Kier alpha value is -1.37. The van der Waals surface area contributed by atoms with Gasteiger partial charge < -0.3 is 10.2 Å². The third kappa shape index (κ3) is 3.91. The highest BCUT2D eigenvalue weighted by Gasteiger charge is 2.35. The molecule has 2 fully saturated rings. The Kier molecular flexibility index (Phi) is 6.15. The van der Waals surface area contributed by atoms with Crippen LogP contribution in [-0.2, 0) is 6.54 Å². The van der Waals surface area contributed by atoms with Gasteiger partial charge in [0.15, 0.2) is 5.96 Å². The highest BCUT2D eigenvalue weighted by Crippen LogP contribution is 2.35. The lowest BCUT2D eigenvalue weighted by Gasteiger charge is -2.22. The minimum atomic E-state index is 0. The summed E-state index contributed by atoms with van der Waals surface area (Å²) in [6, 6.07) is 10.5. The van der Waals surface area contributed by atoms with Crippen LogP contribution in [0.4, 0.5) is 0 Å². The largest absolute Gasteiger partial charge is 0.351 e. The van der Waals surface area contributed by atoms with Gasteiger partial charge in [0, 0.05) is 31.7 Å². The van der Waals surface area contributed by atoms with Crippen LogP contribution in [0.5, 0.6) is 0 Å².